The van der Waals surface area contributed by atoms with Crippen molar-refractivity contribution in [3.05, 3.63) is 0 Å². The molecule has 0 aromatic rings. The molecule has 12 heavy (non-hydrogen) atoms. The van der Waals surface area contributed by atoms with E-state index in [1.165, 1.54) is 11.5 Å². The molecule has 2 aliphatic rings. The van der Waals surface area contributed by atoms with E-state index in [9.17, 15) is 0 Å². The second-order valence-corrected chi connectivity index (χ2v) is 11.0. The van der Waals surface area contributed by atoms with Gasteiger partial charge in [0.2, 0.25) is 0 Å². The molecule has 2 rings (SSSR count). The molecular formula is C7H10S5. The molecule has 2 atom stereocenters. The van der Waals surface area contributed by atoms with E-state index in [2.05, 4.69) is 13.8 Å². The molecule has 2 unspecified atom stereocenters. The smallest absolute Gasteiger partial charge is 0.107 e. The van der Waals surface area contributed by atoms with E-state index in [0.717, 1.165) is 3.53 Å². The summed E-state index contributed by atoms with van der Waals surface area (Å²) in [5.41, 5.74) is 0. The Balaban J connectivity index is 1.77. The van der Waals surface area contributed by atoms with Crippen molar-refractivity contribution in [1.82, 2.24) is 0 Å². The summed E-state index contributed by atoms with van der Waals surface area (Å²) >= 11 is 13.1. The van der Waals surface area contributed by atoms with Crippen LogP contribution < -0.4 is 0 Å². The first-order valence-electron chi connectivity index (χ1n) is 3.71. The highest BCUT2D eigenvalue weighted by atomic mass is 32.3. The molecule has 0 nitrogen and oxygen atoms in total. The van der Waals surface area contributed by atoms with Crippen molar-refractivity contribution in [2.24, 2.45) is 0 Å². The van der Waals surface area contributed by atoms with Crippen LogP contribution in [-0.2, 0) is 0 Å². The lowest BCUT2D eigenvalue weighted by atomic mass is 10.6. The summed E-state index contributed by atoms with van der Waals surface area (Å²) in [6.07, 6.45) is 0. The quantitative estimate of drug-likeness (QED) is 0.543. The van der Waals surface area contributed by atoms with Crippen LogP contribution in [0, 0.1) is 0 Å². The number of hydrogen-bond donors (Lipinski definition) is 0. The minimum Gasteiger partial charge on any atom is -0.141 e. The molecule has 0 bridgehead atoms. The van der Waals surface area contributed by atoms with Gasteiger partial charge in [0.25, 0.3) is 0 Å². The molecule has 0 aliphatic carbocycles. The van der Waals surface area contributed by atoms with Crippen LogP contribution in [0.5, 0.6) is 0 Å². The lowest BCUT2D eigenvalue weighted by Gasteiger charge is -2.09. The average molecular weight is 254 g/mol. The number of thioether (sulfide) groups is 4. The zero-order valence-electron chi connectivity index (χ0n) is 6.96. The highest BCUT2D eigenvalue weighted by Gasteiger charge is 2.45. The molecule has 0 spiro atoms. The van der Waals surface area contributed by atoms with Crippen molar-refractivity contribution in [3.63, 3.8) is 0 Å². The molecule has 0 radical (unpaired) electrons. The minimum absolute atomic E-state index is 0.431. The average Bonchev–Trinajstić information content (AvgIpc) is 2.76. The van der Waals surface area contributed by atoms with Gasteiger partial charge < -0.3 is 0 Å². The van der Waals surface area contributed by atoms with E-state index in [1.807, 2.05) is 47.0 Å². The monoisotopic (exact) mass is 254 g/mol. The van der Waals surface area contributed by atoms with E-state index in [0.29, 0.717) is 8.16 Å². The fraction of sp³-hybridized carbons (Fsp3) is 0.857. The Morgan fingerprint density at radius 2 is 1.50 bits per heavy atom. The van der Waals surface area contributed by atoms with Crippen LogP contribution in [0.3, 0.4) is 0 Å². The normalized spacial score (nSPS) is 44.2. The standard InChI is InChI=1S/C7H10S5/c1-6(3-9-6)11-5(8)12-7(2)4-10-7/h3-4H2,1-2H3. The third-order valence-corrected chi connectivity index (χ3v) is 8.01. The summed E-state index contributed by atoms with van der Waals surface area (Å²) in [7, 11) is 0. The third kappa shape index (κ3) is 2.74. The van der Waals surface area contributed by atoms with Gasteiger partial charge in [-0.25, -0.2) is 0 Å². The van der Waals surface area contributed by atoms with Crippen molar-refractivity contribution in [2.75, 3.05) is 11.5 Å². The van der Waals surface area contributed by atoms with Crippen LogP contribution >= 0.6 is 59.3 Å². The highest BCUT2D eigenvalue weighted by Crippen LogP contribution is 2.59. The van der Waals surface area contributed by atoms with E-state index in [1.54, 1.807) is 0 Å². The molecule has 0 amide bonds. The minimum atomic E-state index is 0.431. The van der Waals surface area contributed by atoms with E-state index in [-0.39, 0.29) is 0 Å². The van der Waals surface area contributed by atoms with Crippen LogP contribution in [0.25, 0.3) is 0 Å². The molecule has 0 aromatic heterocycles. The Hall–Kier alpha value is 1.49. The molecule has 2 aliphatic heterocycles. The maximum Gasteiger partial charge on any atom is 0.107 e. The maximum absolute atomic E-state index is 5.33. The van der Waals surface area contributed by atoms with Crippen molar-refractivity contribution in [2.45, 2.75) is 22.0 Å². The highest BCUT2D eigenvalue weighted by molar-refractivity contribution is 8.54. The molecular weight excluding hydrogens is 244 g/mol. The van der Waals surface area contributed by atoms with Crippen molar-refractivity contribution < 1.29 is 0 Å². The van der Waals surface area contributed by atoms with Gasteiger partial charge in [-0.3, -0.25) is 0 Å². The SMILES string of the molecule is CC1(SC(=S)SC2(C)CS2)CS1. The summed E-state index contributed by atoms with van der Waals surface area (Å²) in [6.45, 7) is 4.55. The number of thiocarbonyl (C=S) groups is 1. The zero-order chi connectivity index (χ0) is 8.82. The second kappa shape index (κ2) is 3.26. The summed E-state index contributed by atoms with van der Waals surface area (Å²) in [5, 5.41) is 0. The predicted octanol–water partition coefficient (Wildman–Crippen LogP) is 3.66. The predicted molar refractivity (Wildman–Crippen MR) is 69.5 cm³/mol. The molecule has 5 heteroatoms. The fourth-order valence-corrected chi connectivity index (χ4v) is 6.61. The van der Waals surface area contributed by atoms with Crippen LogP contribution in [0.1, 0.15) is 13.8 Å². The molecule has 0 saturated carbocycles. The molecule has 2 saturated heterocycles. The van der Waals surface area contributed by atoms with Crippen molar-refractivity contribution >= 4 is 62.8 Å². The Bertz CT molecular complexity index is 194. The maximum atomic E-state index is 5.33. The van der Waals surface area contributed by atoms with Crippen LogP contribution in [0.15, 0.2) is 0 Å². The molecule has 2 fully saturated rings. The molecule has 68 valence electrons. The van der Waals surface area contributed by atoms with Crippen molar-refractivity contribution in [1.29, 1.82) is 0 Å². The first-order chi connectivity index (χ1) is 5.52. The Morgan fingerprint density at radius 3 is 1.75 bits per heavy atom. The van der Waals surface area contributed by atoms with Gasteiger partial charge in [0.1, 0.15) is 3.53 Å². The van der Waals surface area contributed by atoms with Gasteiger partial charge >= 0.3 is 0 Å². The summed E-state index contributed by atoms with van der Waals surface area (Å²) in [4.78, 5) is 0. The Kier molecular flexibility index (Phi) is 2.72. The van der Waals surface area contributed by atoms with Crippen LogP contribution in [0.2, 0.25) is 0 Å². The van der Waals surface area contributed by atoms with Gasteiger partial charge in [-0.1, -0.05) is 35.7 Å². The van der Waals surface area contributed by atoms with Crippen LogP contribution in [0.4, 0.5) is 0 Å². The van der Waals surface area contributed by atoms with Gasteiger partial charge in [-0.05, 0) is 13.8 Å². The first-order valence-corrected chi connectivity index (χ1v) is 7.73. The number of hydrogen-bond acceptors (Lipinski definition) is 5. The van der Waals surface area contributed by atoms with Gasteiger partial charge in [0.15, 0.2) is 0 Å². The van der Waals surface area contributed by atoms with E-state index in [4.69, 9.17) is 12.2 Å². The fourth-order valence-electron chi connectivity index (χ4n) is 0.695. The lowest BCUT2D eigenvalue weighted by Crippen LogP contribution is -2.03. The van der Waals surface area contributed by atoms with Crippen molar-refractivity contribution in [3.8, 4) is 0 Å². The zero-order valence-corrected chi connectivity index (χ0v) is 11.0. The van der Waals surface area contributed by atoms with Gasteiger partial charge in [-0.15, -0.1) is 23.5 Å². The van der Waals surface area contributed by atoms with Gasteiger partial charge in [-0.2, -0.15) is 0 Å². The Labute approximate surface area is 95.8 Å². The van der Waals surface area contributed by atoms with E-state index >= 15 is 0 Å². The van der Waals surface area contributed by atoms with Gasteiger partial charge in [0, 0.05) is 11.5 Å². The lowest BCUT2D eigenvalue weighted by molar-refractivity contribution is 1.16. The largest absolute Gasteiger partial charge is 0.141 e. The summed E-state index contributed by atoms with van der Waals surface area (Å²) < 4.78 is 2.00. The third-order valence-electron chi connectivity index (χ3n) is 1.70. The summed E-state index contributed by atoms with van der Waals surface area (Å²) in [5.74, 6) is 2.53. The van der Waals surface area contributed by atoms with Gasteiger partial charge in [0.05, 0.1) is 8.16 Å². The first kappa shape index (κ1) is 10.0. The summed E-state index contributed by atoms with van der Waals surface area (Å²) in [6, 6.07) is 0. The molecule has 0 aromatic carbocycles. The topological polar surface area (TPSA) is 0 Å². The molecule has 2 heterocycles. The second-order valence-electron chi connectivity index (χ2n) is 3.30. The number of rotatable bonds is 2. The van der Waals surface area contributed by atoms with Crippen LogP contribution in [-0.4, -0.2) is 23.2 Å². The Morgan fingerprint density at radius 1 is 1.17 bits per heavy atom. The molecule has 0 N–H and O–H groups in total. The van der Waals surface area contributed by atoms with E-state index < -0.39 is 0 Å².